The van der Waals surface area contributed by atoms with Gasteiger partial charge in [-0.25, -0.2) is 0 Å². The molecule has 3 aromatic rings. The van der Waals surface area contributed by atoms with E-state index in [9.17, 15) is 0 Å². The van der Waals surface area contributed by atoms with Crippen molar-refractivity contribution in [2.45, 2.75) is 33.7 Å². The average Bonchev–Trinajstić information content (AvgIpc) is 3.12. The van der Waals surface area contributed by atoms with Crippen molar-refractivity contribution in [1.82, 2.24) is 19.8 Å². The van der Waals surface area contributed by atoms with Crippen LogP contribution in [0.3, 0.4) is 0 Å². The Bertz CT molecular complexity index is 834. The van der Waals surface area contributed by atoms with Crippen molar-refractivity contribution in [3.05, 3.63) is 29.0 Å². The van der Waals surface area contributed by atoms with Crippen LogP contribution in [0.1, 0.15) is 27.7 Å². The molecule has 0 radical (unpaired) electrons. The SMILES string of the molecule is CC(C)[C@@H]1N(c2ccc3nnc(-c4ccsc4)n3n2)CC1(C)C. The molecule has 1 aliphatic heterocycles. The predicted octanol–water partition coefficient (Wildman–Crippen LogP) is 3.72. The van der Waals surface area contributed by atoms with E-state index in [4.69, 9.17) is 5.10 Å². The van der Waals surface area contributed by atoms with Gasteiger partial charge < -0.3 is 4.90 Å². The van der Waals surface area contributed by atoms with Gasteiger partial charge in [0.05, 0.1) is 0 Å². The Morgan fingerprint density at radius 1 is 1.22 bits per heavy atom. The highest BCUT2D eigenvalue weighted by molar-refractivity contribution is 7.08. The number of thiophene rings is 1. The topological polar surface area (TPSA) is 46.3 Å². The van der Waals surface area contributed by atoms with Crippen LogP contribution in [0.25, 0.3) is 17.0 Å². The number of rotatable bonds is 3. The Morgan fingerprint density at radius 3 is 2.70 bits per heavy atom. The number of hydrogen-bond donors (Lipinski definition) is 0. The third kappa shape index (κ3) is 2.24. The van der Waals surface area contributed by atoms with Gasteiger partial charge in [0, 0.05) is 28.9 Å². The van der Waals surface area contributed by atoms with Crippen molar-refractivity contribution in [2.24, 2.45) is 11.3 Å². The quantitative estimate of drug-likeness (QED) is 0.735. The minimum Gasteiger partial charge on any atom is -0.351 e. The summed E-state index contributed by atoms with van der Waals surface area (Å²) in [5.41, 5.74) is 2.18. The molecule has 1 saturated heterocycles. The molecule has 1 fully saturated rings. The first-order valence-corrected chi connectivity index (χ1v) is 8.93. The van der Waals surface area contributed by atoms with Crippen molar-refractivity contribution in [1.29, 1.82) is 0 Å². The van der Waals surface area contributed by atoms with Gasteiger partial charge in [0.15, 0.2) is 11.5 Å². The summed E-state index contributed by atoms with van der Waals surface area (Å²) in [5, 5.41) is 17.5. The summed E-state index contributed by atoms with van der Waals surface area (Å²) in [5.74, 6) is 2.41. The second kappa shape index (κ2) is 5.03. The molecule has 1 aliphatic rings. The standard InChI is InChI=1S/C17H21N5S/c1-11(2)15-17(3,4)10-21(15)14-6-5-13-18-19-16(22(13)20-14)12-7-8-23-9-12/h5-9,11,15H,10H2,1-4H3/t15-/m0/s1. The van der Waals surface area contributed by atoms with Gasteiger partial charge in [0.25, 0.3) is 0 Å². The Morgan fingerprint density at radius 2 is 2.04 bits per heavy atom. The van der Waals surface area contributed by atoms with Gasteiger partial charge in [0.2, 0.25) is 0 Å². The summed E-state index contributed by atoms with van der Waals surface area (Å²) in [6.07, 6.45) is 0. The van der Waals surface area contributed by atoms with Gasteiger partial charge in [-0.1, -0.05) is 27.7 Å². The molecule has 0 amide bonds. The van der Waals surface area contributed by atoms with Crippen LogP contribution in [-0.4, -0.2) is 32.4 Å². The zero-order chi connectivity index (χ0) is 16.2. The lowest BCUT2D eigenvalue weighted by molar-refractivity contribution is 0.134. The molecule has 23 heavy (non-hydrogen) atoms. The van der Waals surface area contributed by atoms with Gasteiger partial charge in [-0.3, -0.25) is 0 Å². The average molecular weight is 327 g/mol. The minimum absolute atomic E-state index is 0.328. The normalized spacial score (nSPS) is 20.2. The molecule has 0 spiro atoms. The van der Waals surface area contributed by atoms with Gasteiger partial charge in [0.1, 0.15) is 5.82 Å². The first-order valence-electron chi connectivity index (χ1n) is 7.99. The zero-order valence-corrected chi connectivity index (χ0v) is 14.7. The maximum atomic E-state index is 4.83. The number of fused-ring (bicyclic) bond motifs is 1. The maximum Gasteiger partial charge on any atom is 0.186 e. The molecule has 6 heteroatoms. The molecular formula is C17H21N5S. The van der Waals surface area contributed by atoms with E-state index in [2.05, 4.69) is 60.3 Å². The molecule has 0 bridgehead atoms. The summed E-state index contributed by atoms with van der Waals surface area (Å²) in [6, 6.07) is 6.63. The van der Waals surface area contributed by atoms with E-state index in [1.807, 2.05) is 16.0 Å². The van der Waals surface area contributed by atoms with Crippen LogP contribution in [0.15, 0.2) is 29.0 Å². The summed E-state index contributed by atoms with van der Waals surface area (Å²) >= 11 is 1.66. The van der Waals surface area contributed by atoms with E-state index in [0.29, 0.717) is 17.4 Å². The predicted molar refractivity (Wildman–Crippen MR) is 93.8 cm³/mol. The van der Waals surface area contributed by atoms with Crippen LogP contribution in [0, 0.1) is 11.3 Å². The van der Waals surface area contributed by atoms with E-state index in [1.54, 1.807) is 11.3 Å². The number of anilines is 1. The Labute approximate surface area is 140 Å². The molecule has 1 atom stereocenters. The molecular weight excluding hydrogens is 306 g/mol. The molecule has 5 nitrogen and oxygen atoms in total. The Kier molecular flexibility index (Phi) is 3.20. The van der Waals surface area contributed by atoms with Gasteiger partial charge in [-0.15, -0.1) is 15.3 Å². The highest BCUT2D eigenvalue weighted by atomic mass is 32.1. The molecule has 120 valence electrons. The highest BCUT2D eigenvalue weighted by Gasteiger charge is 2.47. The highest BCUT2D eigenvalue weighted by Crippen LogP contribution is 2.43. The fraction of sp³-hybridized carbons (Fsp3) is 0.471. The lowest BCUT2D eigenvalue weighted by atomic mass is 9.70. The van der Waals surface area contributed by atoms with Gasteiger partial charge >= 0.3 is 0 Å². The van der Waals surface area contributed by atoms with Gasteiger partial charge in [-0.2, -0.15) is 15.9 Å². The second-order valence-corrected chi connectivity index (χ2v) is 8.08. The summed E-state index contributed by atoms with van der Waals surface area (Å²) < 4.78 is 1.86. The number of nitrogens with zero attached hydrogens (tertiary/aromatic N) is 5. The van der Waals surface area contributed by atoms with Crippen LogP contribution < -0.4 is 4.90 Å². The van der Waals surface area contributed by atoms with E-state index in [1.165, 1.54) is 0 Å². The van der Waals surface area contributed by atoms with Gasteiger partial charge in [-0.05, 0) is 29.5 Å². The van der Waals surface area contributed by atoms with Crippen LogP contribution in [-0.2, 0) is 0 Å². The van der Waals surface area contributed by atoms with Crippen LogP contribution in [0.5, 0.6) is 0 Å². The smallest absolute Gasteiger partial charge is 0.186 e. The Hall–Kier alpha value is -1.95. The van der Waals surface area contributed by atoms with Crippen molar-refractivity contribution in [3.8, 4) is 11.4 Å². The third-order valence-electron chi connectivity index (χ3n) is 4.67. The van der Waals surface area contributed by atoms with E-state index in [-0.39, 0.29) is 0 Å². The summed E-state index contributed by atoms with van der Waals surface area (Å²) in [7, 11) is 0. The van der Waals surface area contributed by atoms with Crippen LogP contribution in [0.2, 0.25) is 0 Å². The molecule has 0 N–H and O–H groups in total. The van der Waals surface area contributed by atoms with Crippen molar-refractivity contribution >= 4 is 22.8 Å². The first kappa shape index (κ1) is 14.6. The molecule has 0 aliphatic carbocycles. The van der Waals surface area contributed by atoms with Crippen molar-refractivity contribution < 1.29 is 0 Å². The number of aromatic nitrogens is 4. The first-order chi connectivity index (χ1) is 11.0. The largest absolute Gasteiger partial charge is 0.351 e. The van der Waals surface area contributed by atoms with Crippen molar-refractivity contribution in [2.75, 3.05) is 11.4 Å². The Balaban J connectivity index is 1.76. The molecule has 3 aromatic heterocycles. The monoisotopic (exact) mass is 327 g/mol. The second-order valence-electron chi connectivity index (χ2n) is 7.30. The van der Waals surface area contributed by atoms with Crippen LogP contribution in [0.4, 0.5) is 5.82 Å². The lowest BCUT2D eigenvalue weighted by Crippen LogP contribution is -2.64. The number of hydrogen-bond acceptors (Lipinski definition) is 5. The molecule has 0 unspecified atom stereocenters. The molecule has 0 saturated carbocycles. The van der Waals surface area contributed by atoms with Crippen LogP contribution >= 0.6 is 11.3 Å². The molecule has 0 aromatic carbocycles. The summed E-state index contributed by atoms with van der Waals surface area (Å²) in [6.45, 7) is 10.3. The van der Waals surface area contributed by atoms with E-state index < -0.39 is 0 Å². The van der Waals surface area contributed by atoms with Crippen molar-refractivity contribution in [3.63, 3.8) is 0 Å². The summed E-state index contributed by atoms with van der Waals surface area (Å²) in [4.78, 5) is 2.40. The third-order valence-corrected chi connectivity index (χ3v) is 5.35. The minimum atomic E-state index is 0.328. The van der Waals surface area contributed by atoms with E-state index in [0.717, 1.165) is 29.4 Å². The fourth-order valence-corrected chi connectivity index (χ4v) is 4.56. The molecule has 4 rings (SSSR count). The zero-order valence-electron chi connectivity index (χ0n) is 13.9. The van der Waals surface area contributed by atoms with E-state index >= 15 is 0 Å². The maximum absolute atomic E-state index is 4.83. The lowest BCUT2D eigenvalue weighted by Gasteiger charge is -2.57. The fourth-order valence-electron chi connectivity index (χ4n) is 3.93. The molecule has 4 heterocycles.